The van der Waals surface area contributed by atoms with Gasteiger partial charge in [-0.25, -0.2) is 0 Å². The lowest BCUT2D eigenvalue weighted by atomic mass is 10.4. The van der Waals surface area contributed by atoms with Gasteiger partial charge in [0.1, 0.15) is 0 Å². The van der Waals surface area contributed by atoms with Crippen LogP contribution in [0, 0.1) is 0 Å². The molecule has 1 aromatic rings. The lowest BCUT2D eigenvalue weighted by Crippen LogP contribution is -2.56. The van der Waals surface area contributed by atoms with E-state index in [1.165, 1.54) is 0 Å². The molecule has 5 heteroatoms. The average molecular weight is 272 g/mol. The van der Waals surface area contributed by atoms with Gasteiger partial charge in [0.25, 0.3) is 0 Å². The Morgan fingerprint density at radius 3 is 1.59 bits per heavy atom. The van der Waals surface area contributed by atoms with Crippen LogP contribution in [-0.4, -0.2) is 39.6 Å². The van der Waals surface area contributed by atoms with Crippen LogP contribution < -0.4 is 5.19 Å². The quantitative estimate of drug-likeness (QED) is 0.676. The second-order valence-corrected chi connectivity index (χ2v) is 5.78. The lowest BCUT2D eigenvalue weighted by Gasteiger charge is -2.28. The molecule has 0 aliphatic heterocycles. The number of benzene rings is 1. The molecule has 0 aliphatic rings. The van der Waals surface area contributed by atoms with Crippen molar-refractivity contribution in [1.82, 2.24) is 0 Å². The highest BCUT2D eigenvalue weighted by molar-refractivity contribution is 6.75. The molecular formula is C12H24O3Si2. The van der Waals surface area contributed by atoms with Crippen LogP contribution in [-0.2, 0) is 13.3 Å². The normalized spacial score (nSPS) is 11.0. The maximum absolute atomic E-state index is 5.79. The van der Waals surface area contributed by atoms with E-state index in [0.29, 0.717) is 19.8 Å². The van der Waals surface area contributed by atoms with E-state index in [0.717, 1.165) is 5.19 Å². The average Bonchev–Trinajstić information content (AvgIpc) is 2.31. The topological polar surface area (TPSA) is 27.7 Å². The van der Waals surface area contributed by atoms with Crippen LogP contribution in [0.4, 0.5) is 0 Å². The molecule has 3 nitrogen and oxygen atoms in total. The zero-order valence-electron chi connectivity index (χ0n) is 10.2. The minimum absolute atomic E-state index is 0. The molecule has 0 atom stereocenters. The summed E-state index contributed by atoms with van der Waals surface area (Å²) in [6.07, 6.45) is 0. The van der Waals surface area contributed by atoms with Gasteiger partial charge in [0.05, 0.1) is 0 Å². The van der Waals surface area contributed by atoms with Gasteiger partial charge in [0.2, 0.25) is 0 Å². The van der Waals surface area contributed by atoms with Crippen LogP contribution >= 0.6 is 0 Å². The van der Waals surface area contributed by atoms with Crippen molar-refractivity contribution in [2.75, 3.05) is 19.8 Å². The highest BCUT2D eigenvalue weighted by Gasteiger charge is 2.42. The molecule has 0 heterocycles. The van der Waals surface area contributed by atoms with E-state index in [9.17, 15) is 0 Å². The maximum Gasteiger partial charge on any atom is 0.537 e. The molecule has 1 aromatic carbocycles. The summed E-state index contributed by atoms with van der Waals surface area (Å²) in [5.74, 6) is 0. The molecule has 0 bridgehead atoms. The molecule has 1 rings (SSSR count). The van der Waals surface area contributed by atoms with E-state index in [1.54, 1.807) is 0 Å². The van der Waals surface area contributed by atoms with Crippen molar-refractivity contribution in [3.8, 4) is 0 Å². The van der Waals surface area contributed by atoms with Crippen LogP contribution in [0.3, 0.4) is 0 Å². The van der Waals surface area contributed by atoms with Gasteiger partial charge in [-0.2, -0.15) is 0 Å². The standard InChI is InChI=1S/C12H20O3Si.H4Si/c1-4-13-16(14-5-2,15-6-3)12-10-8-7-9-11-12;/h7-11H,4-6H2,1-3H3;1H4. The summed E-state index contributed by atoms with van der Waals surface area (Å²) >= 11 is 0. The van der Waals surface area contributed by atoms with E-state index in [1.807, 2.05) is 51.1 Å². The van der Waals surface area contributed by atoms with E-state index in [2.05, 4.69) is 0 Å². The summed E-state index contributed by atoms with van der Waals surface area (Å²) in [5, 5.41) is 1.03. The van der Waals surface area contributed by atoms with Crippen LogP contribution in [0.2, 0.25) is 0 Å². The highest BCUT2D eigenvalue weighted by atomic mass is 28.4. The third kappa shape index (κ3) is 4.36. The maximum atomic E-state index is 5.79. The summed E-state index contributed by atoms with van der Waals surface area (Å²) in [6, 6.07) is 9.95. The molecule has 0 saturated carbocycles. The Labute approximate surface area is 109 Å². The molecule has 0 fully saturated rings. The largest absolute Gasteiger partial charge is 0.537 e. The predicted molar refractivity (Wildman–Crippen MR) is 78.0 cm³/mol. The summed E-state index contributed by atoms with van der Waals surface area (Å²) in [6.45, 7) is 7.68. The van der Waals surface area contributed by atoms with Gasteiger partial charge >= 0.3 is 8.80 Å². The van der Waals surface area contributed by atoms with Crippen molar-refractivity contribution in [3.63, 3.8) is 0 Å². The zero-order chi connectivity index (χ0) is 11.9. The van der Waals surface area contributed by atoms with E-state index in [-0.39, 0.29) is 11.0 Å². The summed E-state index contributed by atoms with van der Waals surface area (Å²) < 4.78 is 17.4. The smallest absolute Gasteiger partial charge is 0.370 e. The van der Waals surface area contributed by atoms with Gasteiger partial charge in [-0.3, -0.25) is 0 Å². The Morgan fingerprint density at radius 1 is 0.824 bits per heavy atom. The van der Waals surface area contributed by atoms with Crippen LogP contribution in [0.5, 0.6) is 0 Å². The van der Waals surface area contributed by atoms with Gasteiger partial charge in [-0.1, -0.05) is 30.3 Å². The van der Waals surface area contributed by atoms with Crippen molar-refractivity contribution >= 4 is 25.0 Å². The van der Waals surface area contributed by atoms with Gasteiger partial charge in [-0.15, -0.1) is 0 Å². The molecule has 0 spiro atoms. The fourth-order valence-corrected chi connectivity index (χ4v) is 4.08. The van der Waals surface area contributed by atoms with Crippen molar-refractivity contribution in [3.05, 3.63) is 30.3 Å². The Balaban J connectivity index is 0.00000256. The first kappa shape index (κ1) is 16.5. The minimum atomic E-state index is -2.67. The fourth-order valence-electron chi connectivity index (χ4n) is 1.59. The summed E-state index contributed by atoms with van der Waals surface area (Å²) in [5.41, 5.74) is 0. The molecular weight excluding hydrogens is 248 g/mol. The Bertz CT molecular complexity index is 276. The zero-order valence-corrected chi connectivity index (χ0v) is 11.2. The second-order valence-electron chi connectivity index (χ2n) is 3.22. The van der Waals surface area contributed by atoms with Crippen molar-refractivity contribution < 1.29 is 13.3 Å². The van der Waals surface area contributed by atoms with Crippen LogP contribution in [0.15, 0.2) is 30.3 Å². The number of hydrogen-bond acceptors (Lipinski definition) is 3. The molecule has 17 heavy (non-hydrogen) atoms. The second kappa shape index (κ2) is 8.60. The first-order valence-corrected chi connectivity index (χ1v) is 7.49. The van der Waals surface area contributed by atoms with Crippen molar-refractivity contribution in [2.24, 2.45) is 0 Å². The molecule has 0 aromatic heterocycles. The minimum Gasteiger partial charge on any atom is -0.370 e. The monoisotopic (exact) mass is 272 g/mol. The van der Waals surface area contributed by atoms with Crippen molar-refractivity contribution in [2.45, 2.75) is 20.8 Å². The molecule has 0 radical (unpaired) electrons. The first-order chi connectivity index (χ1) is 7.79. The van der Waals surface area contributed by atoms with Gasteiger partial charge in [0.15, 0.2) is 0 Å². The third-order valence-corrected chi connectivity index (χ3v) is 5.18. The van der Waals surface area contributed by atoms with E-state index in [4.69, 9.17) is 13.3 Å². The molecule has 98 valence electrons. The SMILES string of the molecule is CCO[Si](OCC)(OCC)c1ccccc1.[SiH4]. The third-order valence-electron chi connectivity index (χ3n) is 2.13. The molecule has 0 amide bonds. The molecule has 0 N–H and O–H groups in total. The summed E-state index contributed by atoms with van der Waals surface area (Å²) in [7, 11) is -2.67. The first-order valence-electron chi connectivity index (χ1n) is 5.76. The van der Waals surface area contributed by atoms with Crippen molar-refractivity contribution in [1.29, 1.82) is 0 Å². The summed E-state index contributed by atoms with van der Waals surface area (Å²) in [4.78, 5) is 0. The lowest BCUT2D eigenvalue weighted by molar-refractivity contribution is 0.0859. The number of rotatable bonds is 7. The van der Waals surface area contributed by atoms with E-state index < -0.39 is 8.80 Å². The molecule has 0 aliphatic carbocycles. The van der Waals surface area contributed by atoms with Gasteiger partial charge < -0.3 is 13.3 Å². The Morgan fingerprint density at radius 2 is 1.24 bits per heavy atom. The van der Waals surface area contributed by atoms with Crippen LogP contribution in [0.1, 0.15) is 20.8 Å². The van der Waals surface area contributed by atoms with E-state index >= 15 is 0 Å². The fraction of sp³-hybridized carbons (Fsp3) is 0.500. The Hall–Kier alpha value is -0.466. The van der Waals surface area contributed by atoms with Crippen LogP contribution in [0.25, 0.3) is 0 Å². The molecule has 0 saturated heterocycles. The number of hydrogen-bond donors (Lipinski definition) is 0. The van der Waals surface area contributed by atoms with Gasteiger partial charge in [-0.05, 0) is 31.7 Å². The Kier molecular flexibility index (Phi) is 8.36. The molecule has 0 unspecified atom stereocenters. The van der Waals surface area contributed by atoms with Gasteiger partial charge in [0, 0.05) is 25.0 Å². The predicted octanol–water partition coefficient (Wildman–Crippen LogP) is 0.490. The highest BCUT2D eigenvalue weighted by Crippen LogP contribution is 2.10.